The molecule has 1 saturated carbocycles. The SMILES string of the molecule is CC(C)c1nc(CN2CCN(C)C3(CCC(=O)N(CC4CC4)CC3)C2)no1. The van der Waals surface area contributed by atoms with Crippen LogP contribution in [0, 0.1) is 5.92 Å². The number of aromatic nitrogens is 2. The van der Waals surface area contributed by atoms with E-state index in [-0.39, 0.29) is 11.5 Å². The molecule has 1 aromatic rings. The number of hydrogen-bond donors (Lipinski definition) is 0. The molecule has 3 heterocycles. The largest absolute Gasteiger partial charge is 0.342 e. The predicted octanol–water partition coefficient (Wildman–Crippen LogP) is 2.10. The van der Waals surface area contributed by atoms with Crippen LogP contribution in [0.5, 0.6) is 0 Å². The van der Waals surface area contributed by atoms with Crippen molar-refractivity contribution in [3.05, 3.63) is 11.7 Å². The molecular formula is C20H33N5O2. The van der Waals surface area contributed by atoms with Crippen LogP contribution in [0.2, 0.25) is 0 Å². The zero-order valence-corrected chi connectivity index (χ0v) is 17.0. The quantitative estimate of drug-likeness (QED) is 0.785. The minimum atomic E-state index is 0.0802. The van der Waals surface area contributed by atoms with Gasteiger partial charge in [-0.1, -0.05) is 19.0 Å². The Morgan fingerprint density at radius 1 is 1.22 bits per heavy atom. The fraction of sp³-hybridized carbons (Fsp3) is 0.850. The van der Waals surface area contributed by atoms with Gasteiger partial charge >= 0.3 is 0 Å². The zero-order chi connectivity index (χ0) is 19.0. The molecule has 0 radical (unpaired) electrons. The second-order valence-corrected chi connectivity index (χ2v) is 9.09. The fourth-order valence-corrected chi connectivity index (χ4v) is 4.48. The van der Waals surface area contributed by atoms with Crippen molar-refractivity contribution in [3.8, 4) is 0 Å². The van der Waals surface area contributed by atoms with Crippen LogP contribution in [0.4, 0.5) is 0 Å². The third-order valence-corrected chi connectivity index (χ3v) is 6.60. The topological polar surface area (TPSA) is 65.7 Å². The maximum Gasteiger partial charge on any atom is 0.229 e. The first-order valence-corrected chi connectivity index (χ1v) is 10.5. The van der Waals surface area contributed by atoms with E-state index in [0.717, 1.165) is 63.9 Å². The van der Waals surface area contributed by atoms with Crippen molar-refractivity contribution < 1.29 is 9.32 Å². The van der Waals surface area contributed by atoms with Crippen LogP contribution in [0.3, 0.4) is 0 Å². The Bertz CT molecular complexity index is 671. The monoisotopic (exact) mass is 375 g/mol. The van der Waals surface area contributed by atoms with Gasteiger partial charge in [-0.3, -0.25) is 14.6 Å². The molecule has 1 unspecified atom stereocenters. The summed E-state index contributed by atoms with van der Waals surface area (Å²) >= 11 is 0. The van der Waals surface area contributed by atoms with Crippen LogP contribution in [-0.4, -0.2) is 76.1 Å². The van der Waals surface area contributed by atoms with E-state index in [1.54, 1.807) is 0 Å². The molecule has 0 aromatic carbocycles. The highest BCUT2D eigenvalue weighted by atomic mass is 16.5. The summed E-state index contributed by atoms with van der Waals surface area (Å²) in [5.41, 5.74) is 0.0802. The molecule has 1 atom stereocenters. The number of likely N-dealkylation sites (N-methyl/N-ethyl adjacent to an activating group) is 1. The molecular weight excluding hydrogens is 342 g/mol. The molecule has 7 nitrogen and oxygen atoms in total. The van der Waals surface area contributed by atoms with E-state index in [4.69, 9.17) is 4.52 Å². The highest BCUT2D eigenvalue weighted by molar-refractivity contribution is 5.76. The Labute approximate surface area is 162 Å². The van der Waals surface area contributed by atoms with Gasteiger partial charge in [0.2, 0.25) is 11.8 Å². The van der Waals surface area contributed by atoms with Crippen molar-refractivity contribution in [1.82, 2.24) is 24.8 Å². The second-order valence-electron chi connectivity index (χ2n) is 9.09. The van der Waals surface area contributed by atoms with Gasteiger partial charge in [-0.2, -0.15) is 4.98 Å². The zero-order valence-electron chi connectivity index (χ0n) is 17.0. The normalized spacial score (nSPS) is 28.3. The average molecular weight is 376 g/mol. The van der Waals surface area contributed by atoms with Gasteiger partial charge in [0.05, 0.1) is 6.54 Å². The first-order valence-electron chi connectivity index (χ1n) is 10.5. The van der Waals surface area contributed by atoms with Gasteiger partial charge in [0.15, 0.2) is 5.82 Å². The molecule has 7 heteroatoms. The summed E-state index contributed by atoms with van der Waals surface area (Å²) in [5.74, 6) is 2.86. The lowest BCUT2D eigenvalue weighted by molar-refractivity contribution is -0.131. The molecule has 2 saturated heterocycles. The molecule has 2 aliphatic heterocycles. The highest BCUT2D eigenvalue weighted by Crippen LogP contribution is 2.35. The molecule has 27 heavy (non-hydrogen) atoms. The number of carbonyl (C=O) groups is 1. The van der Waals surface area contributed by atoms with Gasteiger partial charge in [0.25, 0.3) is 0 Å². The van der Waals surface area contributed by atoms with Gasteiger partial charge in [0, 0.05) is 50.6 Å². The minimum absolute atomic E-state index is 0.0802. The van der Waals surface area contributed by atoms with Crippen LogP contribution < -0.4 is 0 Å². The summed E-state index contributed by atoms with van der Waals surface area (Å²) in [4.78, 5) is 24.2. The fourth-order valence-electron chi connectivity index (χ4n) is 4.48. The van der Waals surface area contributed by atoms with E-state index in [1.165, 1.54) is 12.8 Å². The van der Waals surface area contributed by atoms with Crippen molar-refractivity contribution in [2.24, 2.45) is 5.92 Å². The van der Waals surface area contributed by atoms with E-state index >= 15 is 0 Å². The lowest BCUT2D eigenvalue weighted by Gasteiger charge is -2.49. The van der Waals surface area contributed by atoms with E-state index in [2.05, 4.69) is 45.7 Å². The highest BCUT2D eigenvalue weighted by Gasteiger charge is 2.43. The van der Waals surface area contributed by atoms with Crippen molar-refractivity contribution >= 4 is 5.91 Å². The van der Waals surface area contributed by atoms with Crippen molar-refractivity contribution in [1.29, 1.82) is 0 Å². The van der Waals surface area contributed by atoms with Crippen LogP contribution in [-0.2, 0) is 11.3 Å². The number of rotatable bonds is 5. The Balaban J connectivity index is 1.42. The number of piperazine rings is 1. The van der Waals surface area contributed by atoms with E-state index < -0.39 is 0 Å². The maximum atomic E-state index is 12.6. The van der Waals surface area contributed by atoms with Gasteiger partial charge in [0.1, 0.15) is 0 Å². The Morgan fingerprint density at radius 3 is 2.74 bits per heavy atom. The third-order valence-electron chi connectivity index (χ3n) is 6.60. The summed E-state index contributed by atoms with van der Waals surface area (Å²) in [5, 5.41) is 4.16. The molecule has 1 amide bonds. The molecule has 150 valence electrons. The molecule has 4 rings (SSSR count). The van der Waals surface area contributed by atoms with E-state index in [1.807, 2.05) is 0 Å². The summed E-state index contributed by atoms with van der Waals surface area (Å²) in [6.07, 6.45) is 5.27. The standard InChI is InChI=1S/C20H33N5O2/c1-15(2)19-21-17(22-27-19)13-24-11-10-23(3)20(14-24)7-6-18(26)25(9-8-20)12-16-4-5-16/h15-16H,4-14H2,1-3H3. The van der Waals surface area contributed by atoms with Crippen LogP contribution in [0.1, 0.15) is 63.6 Å². The molecule has 0 bridgehead atoms. The summed E-state index contributed by atoms with van der Waals surface area (Å²) in [6, 6.07) is 0. The Morgan fingerprint density at radius 2 is 2.04 bits per heavy atom. The van der Waals surface area contributed by atoms with Gasteiger partial charge in [-0.05, 0) is 38.6 Å². The minimum Gasteiger partial charge on any atom is -0.342 e. The first-order chi connectivity index (χ1) is 12.9. The van der Waals surface area contributed by atoms with Crippen LogP contribution in [0.25, 0.3) is 0 Å². The number of nitrogens with zero attached hydrogens (tertiary/aromatic N) is 5. The third kappa shape index (κ3) is 4.19. The van der Waals surface area contributed by atoms with Crippen molar-refractivity contribution in [2.75, 3.05) is 39.8 Å². The smallest absolute Gasteiger partial charge is 0.229 e. The van der Waals surface area contributed by atoms with Crippen LogP contribution >= 0.6 is 0 Å². The number of likely N-dealkylation sites (tertiary alicyclic amines) is 1. The summed E-state index contributed by atoms with van der Waals surface area (Å²) in [6.45, 7) is 9.73. The first kappa shape index (κ1) is 18.9. The molecule has 0 N–H and O–H groups in total. The predicted molar refractivity (Wildman–Crippen MR) is 102 cm³/mol. The summed E-state index contributed by atoms with van der Waals surface area (Å²) in [7, 11) is 2.23. The molecule has 3 fully saturated rings. The lowest BCUT2D eigenvalue weighted by Crippen LogP contribution is -2.60. The Hall–Kier alpha value is -1.47. The maximum absolute atomic E-state index is 12.6. The molecule has 1 aromatic heterocycles. The molecule has 1 spiro atoms. The summed E-state index contributed by atoms with van der Waals surface area (Å²) < 4.78 is 5.37. The van der Waals surface area contributed by atoms with E-state index in [9.17, 15) is 4.79 Å². The van der Waals surface area contributed by atoms with E-state index in [0.29, 0.717) is 18.2 Å². The van der Waals surface area contributed by atoms with Crippen molar-refractivity contribution in [2.45, 2.75) is 64.0 Å². The Kier molecular flexibility index (Phi) is 5.25. The van der Waals surface area contributed by atoms with Crippen LogP contribution in [0.15, 0.2) is 4.52 Å². The number of carbonyl (C=O) groups excluding carboxylic acids is 1. The number of amides is 1. The molecule has 1 aliphatic carbocycles. The average Bonchev–Trinajstić information content (AvgIpc) is 3.36. The lowest BCUT2D eigenvalue weighted by atomic mass is 9.86. The van der Waals surface area contributed by atoms with Gasteiger partial charge in [-0.25, -0.2) is 0 Å². The van der Waals surface area contributed by atoms with Gasteiger partial charge in [-0.15, -0.1) is 0 Å². The van der Waals surface area contributed by atoms with Gasteiger partial charge < -0.3 is 9.42 Å². The molecule has 3 aliphatic rings. The van der Waals surface area contributed by atoms with Crippen molar-refractivity contribution in [3.63, 3.8) is 0 Å². The number of hydrogen-bond acceptors (Lipinski definition) is 6. The second kappa shape index (κ2) is 7.51.